The molecule has 0 radical (unpaired) electrons. The third-order valence-electron chi connectivity index (χ3n) is 5.24. The number of amides is 3. The summed E-state index contributed by atoms with van der Waals surface area (Å²) in [6, 6.07) is 12.6. The topological polar surface area (TPSA) is 69.7 Å². The zero-order valence-corrected chi connectivity index (χ0v) is 16.2. The van der Waals surface area contributed by atoms with E-state index < -0.39 is 5.92 Å². The van der Waals surface area contributed by atoms with Gasteiger partial charge in [0.05, 0.1) is 5.92 Å². The summed E-state index contributed by atoms with van der Waals surface area (Å²) in [6.45, 7) is 2.54. The van der Waals surface area contributed by atoms with Crippen LogP contribution in [0.3, 0.4) is 0 Å². The molecule has 0 unspecified atom stereocenters. The molecule has 0 aliphatic carbocycles. The maximum atomic E-state index is 12.6. The van der Waals surface area contributed by atoms with Gasteiger partial charge in [0.2, 0.25) is 17.7 Å². The molecular formula is C21H20ClN3O3. The highest BCUT2D eigenvalue weighted by Gasteiger charge is 2.36. The Bertz CT molecular complexity index is 975. The van der Waals surface area contributed by atoms with Crippen molar-refractivity contribution >= 4 is 46.4 Å². The molecule has 28 heavy (non-hydrogen) atoms. The van der Waals surface area contributed by atoms with E-state index in [0.717, 1.165) is 23.4 Å². The summed E-state index contributed by atoms with van der Waals surface area (Å²) >= 11 is 5.95. The van der Waals surface area contributed by atoms with E-state index in [2.05, 4.69) is 5.32 Å². The first kappa shape index (κ1) is 18.5. The quantitative estimate of drug-likeness (QED) is 0.864. The highest BCUT2D eigenvalue weighted by Crippen LogP contribution is 2.34. The molecule has 3 amide bonds. The summed E-state index contributed by atoms with van der Waals surface area (Å²) in [4.78, 5) is 40.2. The smallest absolute Gasteiger partial charge is 0.229 e. The minimum atomic E-state index is -0.423. The minimum Gasteiger partial charge on any atom is -0.326 e. The minimum absolute atomic E-state index is 0.0153. The fourth-order valence-electron chi connectivity index (χ4n) is 3.83. The van der Waals surface area contributed by atoms with Gasteiger partial charge in [-0.25, -0.2) is 0 Å². The molecule has 0 aromatic heterocycles. The van der Waals surface area contributed by atoms with Crippen LogP contribution < -0.4 is 15.1 Å². The Morgan fingerprint density at radius 3 is 2.75 bits per heavy atom. The molecule has 1 saturated heterocycles. The van der Waals surface area contributed by atoms with Crippen molar-refractivity contribution in [1.29, 1.82) is 0 Å². The summed E-state index contributed by atoms with van der Waals surface area (Å²) < 4.78 is 0. The summed E-state index contributed by atoms with van der Waals surface area (Å²) in [5.74, 6) is -0.676. The average Bonchev–Trinajstić information content (AvgIpc) is 3.24. The summed E-state index contributed by atoms with van der Waals surface area (Å²) in [6.07, 6.45) is 0.937. The normalized spacial score (nSPS) is 18.4. The van der Waals surface area contributed by atoms with Crippen LogP contribution in [0.4, 0.5) is 17.1 Å². The SMILES string of the molecule is CC(=O)N1CCc2cc(N3C[C@@H](C(=O)Nc4cccc(Cl)c4)CC3=O)ccc21. The van der Waals surface area contributed by atoms with Crippen molar-refractivity contribution in [2.45, 2.75) is 19.8 Å². The Labute approximate surface area is 168 Å². The van der Waals surface area contributed by atoms with E-state index in [4.69, 9.17) is 11.6 Å². The van der Waals surface area contributed by atoms with Crippen LogP contribution in [0.1, 0.15) is 18.9 Å². The van der Waals surface area contributed by atoms with E-state index in [-0.39, 0.29) is 24.1 Å². The van der Waals surface area contributed by atoms with Gasteiger partial charge >= 0.3 is 0 Å². The number of fused-ring (bicyclic) bond motifs is 1. The van der Waals surface area contributed by atoms with E-state index in [1.807, 2.05) is 18.2 Å². The monoisotopic (exact) mass is 397 g/mol. The number of nitrogens with one attached hydrogen (secondary N) is 1. The van der Waals surface area contributed by atoms with Gasteiger partial charge in [0, 0.05) is 48.5 Å². The average molecular weight is 398 g/mol. The molecule has 0 spiro atoms. The molecule has 0 saturated carbocycles. The van der Waals surface area contributed by atoms with Gasteiger partial charge in [-0.15, -0.1) is 0 Å². The van der Waals surface area contributed by atoms with E-state index in [9.17, 15) is 14.4 Å². The number of hydrogen-bond acceptors (Lipinski definition) is 3. The summed E-state index contributed by atoms with van der Waals surface area (Å²) in [7, 11) is 0. The van der Waals surface area contributed by atoms with E-state index in [1.165, 1.54) is 0 Å². The van der Waals surface area contributed by atoms with Crippen molar-refractivity contribution < 1.29 is 14.4 Å². The largest absolute Gasteiger partial charge is 0.326 e. The van der Waals surface area contributed by atoms with E-state index in [0.29, 0.717) is 23.8 Å². The second kappa shape index (κ2) is 7.28. The van der Waals surface area contributed by atoms with Crippen LogP contribution in [-0.2, 0) is 20.8 Å². The molecule has 7 heteroatoms. The maximum Gasteiger partial charge on any atom is 0.229 e. The Balaban J connectivity index is 1.48. The van der Waals surface area contributed by atoms with Gasteiger partial charge in [-0.05, 0) is 48.4 Å². The van der Waals surface area contributed by atoms with Crippen LogP contribution in [-0.4, -0.2) is 30.8 Å². The summed E-state index contributed by atoms with van der Waals surface area (Å²) in [5.41, 5.74) is 3.34. The fourth-order valence-corrected chi connectivity index (χ4v) is 4.02. The molecular weight excluding hydrogens is 378 g/mol. The van der Waals surface area contributed by atoms with E-state index in [1.54, 1.807) is 41.0 Å². The first-order chi connectivity index (χ1) is 13.4. The third kappa shape index (κ3) is 3.47. The molecule has 1 fully saturated rings. The molecule has 2 aliphatic heterocycles. The van der Waals surface area contributed by atoms with Crippen LogP contribution in [0.5, 0.6) is 0 Å². The lowest BCUT2D eigenvalue weighted by atomic mass is 10.1. The predicted molar refractivity (Wildman–Crippen MR) is 109 cm³/mol. The van der Waals surface area contributed by atoms with Gasteiger partial charge in [-0.3, -0.25) is 14.4 Å². The van der Waals surface area contributed by atoms with Crippen molar-refractivity contribution in [3.8, 4) is 0 Å². The molecule has 2 heterocycles. The third-order valence-corrected chi connectivity index (χ3v) is 5.47. The molecule has 6 nitrogen and oxygen atoms in total. The number of carbonyl (C=O) groups is 3. The molecule has 144 valence electrons. The van der Waals surface area contributed by atoms with Crippen molar-refractivity contribution in [2.24, 2.45) is 5.92 Å². The van der Waals surface area contributed by atoms with Gasteiger partial charge in [-0.1, -0.05) is 17.7 Å². The van der Waals surface area contributed by atoms with Crippen molar-refractivity contribution in [3.05, 3.63) is 53.1 Å². The molecule has 1 atom stereocenters. The van der Waals surface area contributed by atoms with Crippen LogP contribution in [0.25, 0.3) is 0 Å². The maximum absolute atomic E-state index is 12.6. The van der Waals surface area contributed by atoms with E-state index >= 15 is 0 Å². The number of rotatable bonds is 3. The lowest BCUT2D eigenvalue weighted by Crippen LogP contribution is -2.28. The Hall–Kier alpha value is -2.86. The van der Waals surface area contributed by atoms with Crippen LogP contribution >= 0.6 is 11.6 Å². The number of benzene rings is 2. The fraction of sp³-hybridized carbons (Fsp3) is 0.286. The Kier molecular flexibility index (Phi) is 4.81. The lowest BCUT2D eigenvalue weighted by molar-refractivity contribution is -0.122. The standard InChI is InChI=1S/C21H20ClN3O3/c1-13(26)24-8-7-14-9-18(5-6-19(14)24)25-12-15(10-20(25)27)21(28)23-17-4-2-3-16(22)11-17/h2-6,9,11,15H,7-8,10,12H2,1H3,(H,23,28)/t15-/m0/s1. The van der Waals surface area contributed by atoms with Gasteiger partial charge in [-0.2, -0.15) is 0 Å². The molecule has 2 aromatic carbocycles. The van der Waals surface area contributed by atoms with Gasteiger partial charge in [0.1, 0.15) is 0 Å². The van der Waals surface area contributed by atoms with Crippen LogP contribution in [0.15, 0.2) is 42.5 Å². The number of anilines is 3. The molecule has 1 N–H and O–H groups in total. The first-order valence-electron chi connectivity index (χ1n) is 9.20. The van der Waals surface area contributed by atoms with Crippen LogP contribution in [0, 0.1) is 5.92 Å². The second-order valence-corrected chi connectivity index (χ2v) is 7.58. The Morgan fingerprint density at radius 1 is 1.18 bits per heavy atom. The van der Waals surface area contributed by atoms with Crippen LogP contribution in [0.2, 0.25) is 5.02 Å². The second-order valence-electron chi connectivity index (χ2n) is 7.14. The number of nitrogens with zero attached hydrogens (tertiary/aromatic N) is 2. The van der Waals surface area contributed by atoms with Gasteiger partial charge in [0.15, 0.2) is 0 Å². The lowest BCUT2D eigenvalue weighted by Gasteiger charge is -2.19. The highest BCUT2D eigenvalue weighted by molar-refractivity contribution is 6.30. The zero-order chi connectivity index (χ0) is 19.8. The number of halogens is 1. The molecule has 2 aromatic rings. The van der Waals surface area contributed by atoms with Gasteiger partial charge in [0.25, 0.3) is 0 Å². The molecule has 2 aliphatic rings. The van der Waals surface area contributed by atoms with Crippen molar-refractivity contribution in [3.63, 3.8) is 0 Å². The van der Waals surface area contributed by atoms with Crippen molar-refractivity contribution in [2.75, 3.05) is 28.2 Å². The molecule has 4 rings (SSSR count). The summed E-state index contributed by atoms with van der Waals surface area (Å²) in [5, 5.41) is 3.37. The number of carbonyl (C=O) groups excluding carboxylic acids is 3. The predicted octanol–water partition coefficient (Wildman–Crippen LogP) is 3.24. The van der Waals surface area contributed by atoms with Gasteiger partial charge < -0.3 is 15.1 Å². The molecule has 0 bridgehead atoms. The zero-order valence-electron chi connectivity index (χ0n) is 15.4. The highest BCUT2D eigenvalue weighted by atomic mass is 35.5. The first-order valence-corrected chi connectivity index (χ1v) is 9.58. The Morgan fingerprint density at radius 2 is 2.00 bits per heavy atom. The number of hydrogen-bond donors (Lipinski definition) is 1. The van der Waals surface area contributed by atoms with Crippen molar-refractivity contribution in [1.82, 2.24) is 0 Å².